The van der Waals surface area contributed by atoms with Gasteiger partial charge in [-0.1, -0.05) is 69.0 Å². The van der Waals surface area contributed by atoms with Crippen LogP contribution in [0.1, 0.15) is 50.8 Å². The number of aliphatic hydroxyl groups is 2. The van der Waals surface area contributed by atoms with Crippen molar-refractivity contribution in [3.63, 3.8) is 0 Å². The molecule has 0 fully saturated rings. The summed E-state index contributed by atoms with van der Waals surface area (Å²) in [6.07, 6.45) is 3.84. The zero-order valence-electron chi connectivity index (χ0n) is 13.8. The summed E-state index contributed by atoms with van der Waals surface area (Å²) in [6, 6.07) is 7.54. The molecule has 0 radical (unpaired) electrons. The van der Waals surface area contributed by atoms with Crippen LogP contribution in [0.4, 0.5) is 0 Å². The van der Waals surface area contributed by atoms with Crippen LogP contribution in [0.15, 0.2) is 54.6 Å². The van der Waals surface area contributed by atoms with E-state index in [2.05, 4.69) is 20.1 Å². The Morgan fingerprint density at radius 1 is 1.18 bits per heavy atom. The van der Waals surface area contributed by atoms with Crippen LogP contribution in [0, 0.1) is 5.41 Å². The molecule has 0 spiro atoms. The first-order chi connectivity index (χ1) is 10.3. The second-order valence-electron chi connectivity index (χ2n) is 6.68. The van der Waals surface area contributed by atoms with Gasteiger partial charge in [0.15, 0.2) is 0 Å². The van der Waals surface area contributed by atoms with Crippen molar-refractivity contribution in [2.45, 2.75) is 45.3 Å². The molecule has 0 amide bonds. The van der Waals surface area contributed by atoms with Crippen molar-refractivity contribution in [2.75, 3.05) is 0 Å². The number of hydrogen-bond donors (Lipinski definition) is 2. The van der Waals surface area contributed by atoms with E-state index < -0.39 is 17.1 Å². The Labute approximate surface area is 133 Å². The zero-order valence-corrected chi connectivity index (χ0v) is 13.8. The monoisotopic (exact) mass is 298 g/mol. The minimum Gasteiger partial charge on any atom is -0.386 e. The predicted octanol–water partition coefficient (Wildman–Crippen LogP) is 4.42. The molecule has 0 aromatic heterocycles. The summed E-state index contributed by atoms with van der Waals surface area (Å²) in [5, 5.41) is 22.4. The molecule has 22 heavy (non-hydrogen) atoms. The molecule has 0 unspecified atom stereocenters. The van der Waals surface area contributed by atoms with E-state index in [4.69, 9.17) is 0 Å². The van der Waals surface area contributed by atoms with E-state index in [0.29, 0.717) is 6.42 Å². The van der Waals surface area contributed by atoms with E-state index in [1.807, 2.05) is 44.2 Å². The summed E-state index contributed by atoms with van der Waals surface area (Å²) in [5.41, 5.74) is 2.01. The molecule has 1 aliphatic carbocycles. The average Bonchev–Trinajstić information content (AvgIpc) is 2.50. The van der Waals surface area contributed by atoms with Gasteiger partial charge in [-0.05, 0) is 36.5 Å². The molecule has 0 bridgehead atoms. The maximum atomic E-state index is 11.4. The molecule has 2 heteroatoms. The fourth-order valence-electron chi connectivity index (χ4n) is 3.70. The number of hydrogen-bond acceptors (Lipinski definition) is 2. The lowest BCUT2D eigenvalue weighted by Gasteiger charge is -2.50. The summed E-state index contributed by atoms with van der Waals surface area (Å²) in [4.78, 5) is 0. The first-order valence-corrected chi connectivity index (χ1v) is 7.74. The number of rotatable bonds is 4. The van der Waals surface area contributed by atoms with Gasteiger partial charge in [-0.2, -0.15) is 0 Å². The first-order valence-electron chi connectivity index (χ1n) is 7.74. The highest BCUT2D eigenvalue weighted by Gasteiger charge is 2.53. The third kappa shape index (κ3) is 2.37. The molecule has 1 aliphatic rings. The van der Waals surface area contributed by atoms with Crippen molar-refractivity contribution in [2.24, 2.45) is 5.41 Å². The van der Waals surface area contributed by atoms with Crippen LogP contribution in [0.5, 0.6) is 0 Å². The minimum absolute atomic E-state index is 0.524. The van der Waals surface area contributed by atoms with Crippen molar-refractivity contribution in [1.82, 2.24) is 0 Å². The van der Waals surface area contributed by atoms with Crippen molar-refractivity contribution in [3.8, 4) is 0 Å². The molecular weight excluding hydrogens is 272 g/mol. The molecule has 1 aromatic carbocycles. The molecular formula is C20H26O2. The molecule has 0 aliphatic heterocycles. The topological polar surface area (TPSA) is 40.5 Å². The van der Waals surface area contributed by atoms with E-state index in [-0.39, 0.29) is 0 Å². The normalized spacial score (nSPS) is 25.7. The van der Waals surface area contributed by atoms with E-state index in [1.54, 1.807) is 6.08 Å². The second-order valence-corrected chi connectivity index (χ2v) is 6.68. The van der Waals surface area contributed by atoms with E-state index >= 15 is 0 Å². The standard InChI is InChI=1S/C20H26O2/c1-6-15-10-8-9-11-16(15)18(21)20(22)13-12-14(3)17(7-2)19(20,4)5/h6-11,18,21-22H,1-2,12-13H2,3-5H3/t18-,20-/m1/s1. The quantitative estimate of drug-likeness (QED) is 0.864. The van der Waals surface area contributed by atoms with Gasteiger partial charge in [0.05, 0.1) is 0 Å². The van der Waals surface area contributed by atoms with Gasteiger partial charge in [0, 0.05) is 5.41 Å². The van der Waals surface area contributed by atoms with Crippen molar-refractivity contribution >= 4 is 6.08 Å². The van der Waals surface area contributed by atoms with Crippen LogP contribution < -0.4 is 0 Å². The van der Waals surface area contributed by atoms with Gasteiger partial charge >= 0.3 is 0 Å². The van der Waals surface area contributed by atoms with Gasteiger partial charge in [0.1, 0.15) is 11.7 Å². The third-order valence-electron chi connectivity index (χ3n) is 5.26. The predicted molar refractivity (Wildman–Crippen MR) is 92.4 cm³/mol. The van der Waals surface area contributed by atoms with Crippen LogP contribution in [-0.4, -0.2) is 15.8 Å². The highest BCUT2D eigenvalue weighted by molar-refractivity contribution is 5.53. The Hall–Kier alpha value is -1.64. The summed E-state index contributed by atoms with van der Waals surface area (Å²) < 4.78 is 0. The van der Waals surface area contributed by atoms with Crippen LogP contribution in [0.2, 0.25) is 0 Å². The molecule has 1 aromatic rings. The number of allylic oxidation sites excluding steroid dienone is 2. The van der Waals surface area contributed by atoms with Crippen molar-refractivity contribution in [3.05, 3.63) is 65.8 Å². The summed E-state index contributed by atoms with van der Waals surface area (Å²) in [5.74, 6) is 0. The van der Waals surface area contributed by atoms with Gasteiger partial charge < -0.3 is 10.2 Å². The zero-order chi connectivity index (χ0) is 16.5. The molecule has 0 saturated carbocycles. The third-order valence-corrected chi connectivity index (χ3v) is 5.26. The van der Waals surface area contributed by atoms with Gasteiger partial charge in [-0.15, -0.1) is 0 Å². The molecule has 118 valence electrons. The number of benzene rings is 1. The lowest BCUT2D eigenvalue weighted by molar-refractivity contribution is -0.146. The minimum atomic E-state index is -1.24. The largest absolute Gasteiger partial charge is 0.386 e. The van der Waals surface area contributed by atoms with Gasteiger partial charge in [0.25, 0.3) is 0 Å². The van der Waals surface area contributed by atoms with Crippen LogP contribution >= 0.6 is 0 Å². The van der Waals surface area contributed by atoms with Gasteiger partial charge in [0.2, 0.25) is 0 Å². The molecule has 0 saturated heterocycles. The molecule has 0 heterocycles. The molecule has 2 atom stereocenters. The average molecular weight is 298 g/mol. The first kappa shape index (κ1) is 16.7. The Balaban J connectivity index is 2.55. The van der Waals surface area contributed by atoms with Gasteiger partial charge in [-0.25, -0.2) is 0 Å². The van der Waals surface area contributed by atoms with Crippen molar-refractivity contribution < 1.29 is 10.2 Å². The fourth-order valence-corrected chi connectivity index (χ4v) is 3.70. The number of aliphatic hydroxyl groups excluding tert-OH is 1. The summed E-state index contributed by atoms with van der Waals surface area (Å²) in [6.45, 7) is 13.7. The van der Waals surface area contributed by atoms with Crippen LogP contribution in [0.25, 0.3) is 6.08 Å². The van der Waals surface area contributed by atoms with Crippen LogP contribution in [-0.2, 0) is 0 Å². The van der Waals surface area contributed by atoms with E-state index in [1.165, 1.54) is 5.57 Å². The Morgan fingerprint density at radius 3 is 2.41 bits per heavy atom. The van der Waals surface area contributed by atoms with Crippen molar-refractivity contribution in [1.29, 1.82) is 0 Å². The maximum Gasteiger partial charge on any atom is 0.109 e. The highest BCUT2D eigenvalue weighted by atomic mass is 16.3. The highest BCUT2D eigenvalue weighted by Crippen LogP contribution is 2.53. The fraction of sp³-hybridized carbons (Fsp3) is 0.400. The lowest BCUT2D eigenvalue weighted by Crippen LogP contribution is -2.52. The van der Waals surface area contributed by atoms with E-state index in [9.17, 15) is 10.2 Å². The Morgan fingerprint density at radius 2 is 1.82 bits per heavy atom. The molecule has 2 rings (SSSR count). The second kappa shape index (κ2) is 5.86. The van der Waals surface area contributed by atoms with Crippen LogP contribution in [0.3, 0.4) is 0 Å². The SMILES string of the molecule is C=CC1=C(C)CC[C@@](O)([C@H](O)c2ccccc2C=C)C1(C)C. The van der Waals surface area contributed by atoms with E-state index in [0.717, 1.165) is 23.1 Å². The maximum absolute atomic E-state index is 11.4. The summed E-state index contributed by atoms with van der Waals surface area (Å²) in [7, 11) is 0. The smallest absolute Gasteiger partial charge is 0.109 e. The summed E-state index contributed by atoms with van der Waals surface area (Å²) >= 11 is 0. The lowest BCUT2D eigenvalue weighted by atomic mass is 9.59. The molecule has 2 N–H and O–H groups in total. The Kier molecular flexibility index (Phi) is 4.46. The Bertz CT molecular complexity index is 624. The molecule has 2 nitrogen and oxygen atoms in total. The van der Waals surface area contributed by atoms with Gasteiger partial charge in [-0.3, -0.25) is 0 Å².